The van der Waals surface area contributed by atoms with E-state index in [-0.39, 0.29) is 18.1 Å². The van der Waals surface area contributed by atoms with Crippen LogP contribution in [-0.4, -0.2) is 50.9 Å². The van der Waals surface area contributed by atoms with E-state index in [0.29, 0.717) is 26.3 Å². The molecule has 1 aromatic heterocycles. The van der Waals surface area contributed by atoms with Crippen molar-refractivity contribution in [2.24, 2.45) is 0 Å². The molecule has 1 saturated heterocycles. The summed E-state index contributed by atoms with van der Waals surface area (Å²) in [6.07, 6.45) is 1.70. The van der Waals surface area contributed by atoms with Gasteiger partial charge in [0.15, 0.2) is 11.6 Å². The normalized spacial score (nSPS) is 21.9. The highest BCUT2D eigenvalue weighted by molar-refractivity contribution is 5.81. The minimum absolute atomic E-state index is 0.0849. The van der Waals surface area contributed by atoms with Gasteiger partial charge in [0.1, 0.15) is 12.7 Å². The predicted molar refractivity (Wildman–Crippen MR) is 74.3 cm³/mol. The minimum atomic E-state index is -0.261. The van der Waals surface area contributed by atoms with E-state index < -0.39 is 0 Å². The van der Waals surface area contributed by atoms with Crippen LogP contribution in [0, 0.1) is 0 Å². The lowest BCUT2D eigenvalue weighted by Gasteiger charge is -2.29. The molecule has 1 fully saturated rings. The molecule has 7 nitrogen and oxygen atoms in total. The first-order chi connectivity index (χ1) is 10.1. The Balaban J connectivity index is 1.64. The highest BCUT2D eigenvalue weighted by Gasteiger charge is 2.31. The van der Waals surface area contributed by atoms with Gasteiger partial charge in [0, 0.05) is 19.7 Å². The van der Waals surface area contributed by atoms with Gasteiger partial charge >= 0.3 is 0 Å². The molecule has 1 atom stereocenters. The van der Waals surface area contributed by atoms with Crippen molar-refractivity contribution < 1.29 is 14.3 Å². The number of carbonyl (C=O) groups is 1. The molecule has 0 bridgehead atoms. The maximum Gasteiger partial charge on any atom is 0.252 e. The topological polar surface area (TPSA) is 69.5 Å². The summed E-state index contributed by atoms with van der Waals surface area (Å²) in [4.78, 5) is 14.2. The van der Waals surface area contributed by atoms with Crippen molar-refractivity contribution in [2.75, 3.05) is 13.2 Å². The van der Waals surface area contributed by atoms with Crippen LogP contribution < -0.4 is 0 Å². The molecule has 1 aromatic rings. The lowest BCUT2D eigenvalue weighted by molar-refractivity contribution is -0.142. The smallest absolute Gasteiger partial charge is 0.252 e. The van der Waals surface area contributed by atoms with Crippen molar-refractivity contribution in [2.45, 2.75) is 58.6 Å². The quantitative estimate of drug-likeness (QED) is 0.818. The first-order valence-electron chi connectivity index (χ1n) is 7.58. The van der Waals surface area contributed by atoms with Gasteiger partial charge in [-0.1, -0.05) is 0 Å². The van der Waals surface area contributed by atoms with E-state index in [0.717, 1.165) is 31.0 Å². The van der Waals surface area contributed by atoms with E-state index in [4.69, 9.17) is 9.47 Å². The molecule has 21 heavy (non-hydrogen) atoms. The van der Waals surface area contributed by atoms with Gasteiger partial charge in [0.05, 0.1) is 12.6 Å². The molecule has 2 aliphatic rings. The molecule has 0 radical (unpaired) electrons. The third-order valence-corrected chi connectivity index (χ3v) is 3.89. The Labute approximate surface area is 124 Å². The Morgan fingerprint density at radius 3 is 3.00 bits per heavy atom. The molecular weight excluding hydrogens is 272 g/mol. The van der Waals surface area contributed by atoms with Crippen LogP contribution in [-0.2, 0) is 34.0 Å². The van der Waals surface area contributed by atoms with Crippen molar-refractivity contribution >= 4 is 5.91 Å². The summed E-state index contributed by atoms with van der Waals surface area (Å²) in [5.41, 5.74) is 0. The number of carbonyl (C=O) groups excluding carboxylic acids is 1. The molecule has 116 valence electrons. The molecule has 7 heteroatoms. The number of ether oxygens (including phenoxy) is 2. The van der Waals surface area contributed by atoms with E-state index in [9.17, 15) is 4.79 Å². The Bertz CT molecular complexity index is 508. The lowest BCUT2D eigenvalue weighted by atomic mass is 10.2. The van der Waals surface area contributed by atoms with Crippen molar-refractivity contribution in [1.29, 1.82) is 0 Å². The Morgan fingerprint density at radius 2 is 2.29 bits per heavy atom. The number of hydrogen-bond donors (Lipinski definition) is 0. The zero-order valence-electron chi connectivity index (χ0n) is 12.6. The van der Waals surface area contributed by atoms with Crippen LogP contribution >= 0.6 is 0 Å². The summed E-state index contributed by atoms with van der Waals surface area (Å²) in [6.45, 7) is 7.05. The summed E-state index contributed by atoms with van der Waals surface area (Å²) < 4.78 is 13.1. The average Bonchev–Trinajstić information content (AvgIpc) is 3.13. The fraction of sp³-hybridized carbons (Fsp3) is 0.786. The van der Waals surface area contributed by atoms with Crippen LogP contribution in [0.4, 0.5) is 0 Å². The summed E-state index contributed by atoms with van der Waals surface area (Å²) in [6, 6.07) is 0. The monoisotopic (exact) mass is 294 g/mol. The highest BCUT2D eigenvalue weighted by Crippen LogP contribution is 2.19. The van der Waals surface area contributed by atoms with Crippen molar-refractivity contribution in [3.05, 3.63) is 11.6 Å². The Kier molecular flexibility index (Phi) is 4.21. The minimum Gasteiger partial charge on any atom is -0.371 e. The first-order valence-corrected chi connectivity index (χ1v) is 7.58. The van der Waals surface area contributed by atoms with E-state index in [2.05, 4.69) is 14.8 Å². The molecule has 0 N–H and O–H groups in total. The van der Waals surface area contributed by atoms with E-state index in [1.807, 2.05) is 18.7 Å². The highest BCUT2D eigenvalue weighted by atomic mass is 16.5. The van der Waals surface area contributed by atoms with Crippen LogP contribution in [0.15, 0.2) is 0 Å². The standard InChI is InChI=1S/C14H22N4O3/c1-10(2)21-9-13-16-15-12-8-17(5-6-18(12)13)14(19)11-4-3-7-20-11/h10-11H,3-9H2,1-2H3. The van der Waals surface area contributed by atoms with Gasteiger partial charge < -0.3 is 18.9 Å². The molecule has 0 aliphatic carbocycles. The van der Waals surface area contributed by atoms with Gasteiger partial charge in [-0.05, 0) is 26.7 Å². The Morgan fingerprint density at radius 1 is 1.43 bits per heavy atom. The summed E-state index contributed by atoms with van der Waals surface area (Å²) in [5, 5.41) is 8.37. The molecule has 1 amide bonds. The largest absolute Gasteiger partial charge is 0.371 e. The predicted octanol–water partition coefficient (Wildman–Crippen LogP) is 0.724. The van der Waals surface area contributed by atoms with E-state index in [1.54, 1.807) is 0 Å². The first kappa shape index (κ1) is 14.5. The van der Waals surface area contributed by atoms with Crippen LogP contribution in [0.1, 0.15) is 38.3 Å². The molecule has 0 spiro atoms. The maximum atomic E-state index is 12.4. The van der Waals surface area contributed by atoms with Crippen molar-refractivity contribution in [3.8, 4) is 0 Å². The van der Waals surface area contributed by atoms with Crippen LogP contribution in [0.5, 0.6) is 0 Å². The second-order valence-corrected chi connectivity index (χ2v) is 5.81. The molecule has 0 saturated carbocycles. The number of hydrogen-bond acceptors (Lipinski definition) is 5. The van der Waals surface area contributed by atoms with Crippen LogP contribution in [0.25, 0.3) is 0 Å². The van der Waals surface area contributed by atoms with E-state index in [1.165, 1.54) is 0 Å². The average molecular weight is 294 g/mol. The number of aromatic nitrogens is 3. The lowest BCUT2D eigenvalue weighted by Crippen LogP contribution is -2.43. The second kappa shape index (κ2) is 6.11. The molecule has 3 rings (SSSR count). The zero-order valence-corrected chi connectivity index (χ0v) is 12.6. The maximum absolute atomic E-state index is 12.4. The summed E-state index contributed by atoms with van der Waals surface area (Å²) in [7, 11) is 0. The van der Waals surface area contributed by atoms with Gasteiger partial charge in [0.25, 0.3) is 5.91 Å². The molecule has 1 unspecified atom stereocenters. The van der Waals surface area contributed by atoms with Gasteiger partial charge in [-0.15, -0.1) is 10.2 Å². The fourth-order valence-corrected chi connectivity index (χ4v) is 2.73. The number of rotatable bonds is 4. The van der Waals surface area contributed by atoms with Gasteiger partial charge in [-0.2, -0.15) is 0 Å². The van der Waals surface area contributed by atoms with Gasteiger partial charge in [-0.25, -0.2) is 0 Å². The SMILES string of the molecule is CC(C)OCc1nnc2n1CCN(C(=O)C1CCCO1)C2. The van der Waals surface area contributed by atoms with Crippen LogP contribution in [0.2, 0.25) is 0 Å². The van der Waals surface area contributed by atoms with Gasteiger partial charge in [-0.3, -0.25) is 4.79 Å². The summed E-state index contributed by atoms with van der Waals surface area (Å²) in [5.74, 6) is 1.75. The van der Waals surface area contributed by atoms with Crippen molar-refractivity contribution in [3.63, 3.8) is 0 Å². The third-order valence-electron chi connectivity index (χ3n) is 3.89. The number of amides is 1. The molecular formula is C14H22N4O3. The molecule has 3 heterocycles. The Hall–Kier alpha value is -1.47. The van der Waals surface area contributed by atoms with Gasteiger partial charge in [0.2, 0.25) is 0 Å². The molecule has 2 aliphatic heterocycles. The van der Waals surface area contributed by atoms with Crippen molar-refractivity contribution in [1.82, 2.24) is 19.7 Å². The fourth-order valence-electron chi connectivity index (χ4n) is 2.73. The van der Waals surface area contributed by atoms with E-state index >= 15 is 0 Å². The van der Waals surface area contributed by atoms with Crippen LogP contribution in [0.3, 0.4) is 0 Å². The second-order valence-electron chi connectivity index (χ2n) is 5.81. The third kappa shape index (κ3) is 3.08. The summed E-state index contributed by atoms with van der Waals surface area (Å²) >= 11 is 0. The number of nitrogens with zero attached hydrogens (tertiary/aromatic N) is 4. The number of fused-ring (bicyclic) bond motifs is 1. The zero-order chi connectivity index (χ0) is 14.8. The molecule has 0 aromatic carbocycles.